The Labute approximate surface area is 90.3 Å². The summed E-state index contributed by atoms with van der Waals surface area (Å²) in [6.45, 7) is 0. The molecule has 14 heavy (non-hydrogen) atoms. The molecule has 0 aliphatic heterocycles. The summed E-state index contributed by atoms with van der Waals surface area (Å²) >= 11 is 3.40. The molecule has 0 aliphatic carbocycles. The van der Waals surface area contributed by atoms with Crippen LogP contribution in [0.3, 0.4) is 0 Å². The van der Waals surface area contributed by atoms with E-state index in [1.165, 1.54) is 0 Å². The minimum atomic E-state index is 0.670. The smallest absolute Gasteiger partial charge is 0.101 e. The molecular weight excluding hydrogens is 240 g/mol. The number of aromatic amines is 1. The molecule has 0 bridgehead atoms. The van der Waals surface area contributed by atoms with E-state index in [1.807, 2.05) is 30.5 Å². The van der Waals surface area contributed by atoms with Gasteiger partial charge in [0, 0.05) is 22.4 Å². The van der Waals surface area contributed by atoms with E-state index in [1.54, 1.807) is 6.20 Å². The van der Waals surface area contributed by atoms with Crippen LogP contribution in [0.2, 0.25) is 0 Å². The zero-order valence-electron chi connectivity index (χ0n) is 7.29. The zero-order chi connectivity index (χ0) is 9.97. The van der Waals surface area contributed by atoms with E-state index in [9.17, 15) is 0 Å². The Morgan fingerprint density at radius 1 is 1.29 bits per heavy atom. The molecule has 2 aromatic rings. The molecule has 68 valence electrons. The second-order valence-electron chi connectivity index (χ2n) is 2.90. The van der Waals surface area contributed by atoms with Crippen molar-refractivity contribution in [3.63, 3.8) is 0 Å². The molecule has 2 rings (SSSR count). The molecule has 0 atom stereocenters. The van der Waals surface area contributed by atoms with Crippen molar-refractivity contribution in [3.8, 4) is 17.2 Å². The predicted octanol–water partition coefficient (Wildman–Crippen LogP) is 3.32. The fourth-order valence-corrected chi connectivity index (χ4v) is 1.75. The van der Waals surface area contributed by atoms with Gasteiger partial charge in [0.2, 0.25) is 0 Å². The summed E-state index contributed by atoms with van der Waals surface area (Å²) in [6, 6.07) is 10.0. The molecule has 1 N–H and O–H groups in total. The molecule has 0 radical (unpaired) electrons. The summed E-state index contributed by atoms with van der Waals surface area (Å²) in [6.07, 6.45) is 3.54. The predicted molar refractivity (Wildman–Crippen MR) is 58.6 cm³/mol. The molecule has 3 heteroatoms. The molecule has 0 spiro atoms. The van der Waals surface area contributed by atoms with Crippen molar-refractivity contribution in [3.05, 3.63) is 46.7 Å². The van der Waals surface area contributed by atoms with E-state index >= 15 is 0 Å². The number of benzene rings is 1. The van der Waals surface area contributed by atoms with E-state index in [0.717, 1.165) is 15.6 Å². The molecule has 0 unspecified atom stereocenters. The number of rotatable bonds is 1. The van der Waals surface area contributed by atoms with Gasteiger partial charge in [-0.15, -0.1) is 0 Å². The molecule has 0 saturated heterocycles. The van der Waals surface area contributed by atoms with Crippen molar-refractivity contribution in [2.45, 2.75) is 0 Å². The first-order valence-corrected chi connectivity index (χ1v) is 4.93. The molecule has 2 nitrogen and oxygen atoms in total. The van der Waals surface area contributed by atoms with Crippen LogP contribution in [0.15, 0.2) is 41.1 Å². The van der Waals surface area contributed by atoms with Gasteiger partial charge < -0.3 is 4.98 Å². The Hall–Kier alpha value is -1.53. The van der Waals surface area contributed by atoms with E-state index in [4.69, 9.17) is 5.26 Å². The van der Waals surface area contributed by atoms with Crippen molar-refractivity contribution in [1.82, 2.24) is 4.98 Å². The first-order valence-electron chi connectivity index (χ1n) is 4.14. The third-order valence-electron chi connectivity index (χ3n) is 2.00. The number of halogens is 1. The van der Waals surface area contributed by atoms with E-state index in [0.29, 0.717) is 5.56 Å². The maximum Gasteiger partial charge on any atom is 0.101 e. The monoisotopic (exact) mass is 246 g/mol. The van der Waals surface area contributed by atoms with Crippen molar-refractivity contribution in [2.24, 2.45) is 0 Å². The van der Waals surface area contributed by atoms with E-state index in [-0.39, 0.29) is 0 Å². The van der Waals surface area contributed by atoms with Gasteiger partial charge in [-0.3, -0.25) is 0 Å². The molecule has 0 aliphatic rings. The fraction of sp³-hybridized carbons (Fsp3) is 0. The van der Waals surface area contributed by atoms with Gasteiger partial charge in [0.05, 0.1) is 5.56 Å². The van der Waals surface area contributed by atoms with Crippen molar-refractivity contribution >= 4 is 15.9 Å². The normalized spacial score (nSPS) is 9.71. The minimum absolute atomic E-state index is 0.670. The summed E-state index contributed by atoms with van der Waals surface area (Å²) in [7, 11) is 0. The summed E-state index contributed by atoms with van der Waals surface area (Å²) in [5, 5.41) is 8.86. The van der Waals surface area contributed by atoms with Gasteiger partial charge in [-0.2, -0.15) is 5.26 Å². The number of nitrogens with zero attached hydrogens (tertiary/aromatic N) is 1. The molecule has 1 aromatic carbocycles. The van der Waals surface area contributed by atoms with Gasteiger partial charge in [-0.05, 0) is 17.7 Å². The van der Waals surface area contributed by atoms with Crippen LogP contribution in [0.25, 0.3) is 11.1 Å². The third-order valence-corrected chi connectivity index (χ3v) is 2.49. The largest absolute Gasteiger partial charge is 0.366 e. The van der Waals surface area contributed by atoms with Crippen LogP contribution >= 0.6 is 15.9 Å². The van der Waals surface area contributed by atoms with E-state index < -0.39 is 0 Å². The number of H-pyrrole nitrogens is 1. The van der Waals surface area contributed by atoms with Gasteiger partial charge >= 0.3 is 0 Å². The number of nitriles is 1. The van der Waals surface area contributed by atoms with E-state index in [2.05, 4.69) is 27.0 Å². The highest BCUT2D eigenvalue weighted by Gasteiger charge is 2.05. The van der Waals surface area contributed by atoms with Gasteiger partial charge in [0.1, 0.15) is 6.07 Å². The number of nitrogens with one attached hydrogen (secondary N) is 1. The molecule has 0 fully saturated rings. The summed E-state index contributed by atoms with van der Waals surface area (Å²) < 4.78 is 1.01. The second-order valence-corrected chi connectivity index (χ2v) is 3.82. The van der Waals surface area contributed by atoms with Crippen LogP contribution in [0.4, 0.5) is 0 Å². The lowest BCUT2D eigenvalue weighted by Gasteiger charge is -1.98. The SMILES string of the molecule is N#Cc1c[nH]cc1-c1cccc(Br)c1. The average Bonchev–Trinajstić information content (AvgIpc) is 2.65. The van der Waals surface area contributed by atoms with Gasteiger partial charge in [0.25, 0.3) is 0 Å². The van der Waals surface area contributed by atoms with Gasteiger partial charge in [-0.25, -0.2) is 0 Å². The molecule has 0 amide bonds. The summed E-state index contributed by atoms with van der Waals surface area (Å²) in [5.74, 6) is 0. The minimum Gasteiger partial charge on any atom is -0.366 e. The zero-order valence-corrected chi connectivity index (χ0v) is 8.88. The Morgan fingerprint density at radius 2 is 2.14 bits per heavy atom. The number of hydrogen-bond acceptors (Lipinski definition) is 1. The van der Waals surface area contributed by atoms with Crippen LogP contribution in [-0.4, -0.2) is 4.98 Å². The molecular formula is C11H7BrN2. The molecule has 1 heterocycles. The average molecular weight is 247 g/mol. The lowest BCUT2D eigenvalue weighted by atomic mass is 10.1. The molecule has 1 aromatic heterocycles. The molecule has 0 saturated carbocycles. The highest BCUT2D eigenvalue weighted by Crippen LogP contribution is 2.25. The fourth-order valence-electron chi connectivity index (χ4n) is 1.35. The highest BCUT2D eigenvalue weighted by atomic mass is 79.9. The third kappa shape index (κ3) is 1.57. The van der Waals surface area contributed by atoms with Crippen LogP contribution < -0.4 is 0 Å². The maximum absolute atomic E-state index is 8.86. The number of aromatic nitrogens is 1. The van der Waals surface area contributed by atoms with Gasteiger partial charge in [-0.1, -0.05) is 28.1 Å². The van der Waals surface area contributed by atoms with Crippen molar-refractivity contribution in [1.29, 1.82) is 5.26 Å². The maximum atomic E-state index is 8.86. The summed E-state index contributed by atoms with van der Waals surface area (Å²) in [5.41, 5.74) is 2.65. The highest BCUT2D eigenvalue weighted by molar-refractivity contribution is 9.10. The van der Waals surface area contributed by atoms with Crippen molar-refractivity contribution in [2.75, 3.05) is 0 Å². The van der Waals surface area contributed by atoms with Crippen LogP contribution in [0, 0.1) is 11.3 Å². The Bertz CT molecular complexity index is 494. The quantitative estimate of drug-likeness (QED) is 0.824. The lowest BCUT2D eigenvalue weighted by molar-refractivity contribution is 1.40. The first-order chi connectivity index (χ1) is 6.81. The van der Waals surface area contributed by atoms with Gasteiger partial charge in [0.15, 0.2) is 0 Å². The van der Waals surface area contributed by atoms with Crippen LogP contribution in [-0.2, 0) is 0 Å². The first kappa shape index (κ1) is 9.04. The second kappa shape index (κ2) is 3.69. The van der Waals surface area contributed by atoms with Crippen LogP contribution in [0.1, 0.15) is 5.56 Å². The van der Waals surface area contributed by atoms with Crippen molar-refractivity contribution < 1.29 is 0 Å². The standard InChI is InChI=1S/C11H7BrN2/c12-10-3-1-2-8(4-10)11-7-14-6-9(11)5-13/h1-4,6-7,14H. The Kier molecular flexibility index (Phi) is 2.38. The summed E-state index contributed by atoms with van der Waals surface area (Å²) in [4.78, 5) is 2.93. The Morgan fingerprint density at radius 3 is 2.86 bits per heavy atom. The number of hydrogen-bond donors (Lipinski definition) is 1. The lowest BCUT2D eigenvalue weighted by Crippen LogP contribution is -1.77. The topological polar surface area (TPSA) is 39.6 Å². The van der Waals surface area contributed by atoms with Crippen LogP contribution in [0.5, 0.6) is 0 Å². The Balaban J connectivity index is 2.56.